The van der Waals surface area contributed by atoms with Crippen molar-refractivity contribution in [3.05, 3.63) is 52.1 Å². The second kappa shape index (κ2) is 5.25. The highest BCUT2D eigenvalue weighted by Gasteiger charge is 2.15. The molecule has 8 nitrogen and oxygen atoms in total. The molecular weight excluding hydrogens is 248 g/mol. The van der Waals surface area contributed by atoms with Crippen LogP contribution < -0.4 is 0 Å². The molecule has 0 saturated carbocycles. The number of nitrogens with zero attached hydrogens (tertiary/aromatic N) is 5. The number of azo groups is 1. The van der Waals surface area contributed by atoms with Gasteiger partial charge in [-0.05, 0) is 11.0 Å². The molecule has 0 atom stereocenters. The number of aromatic nitrogens is 2. The molecule has 2 rings (SSSR count). The number of allylic oxidation sites excluding steroid dienone is 3. The van der Waals surface area contributed by atoms with E-state index in [1.54, 1.807) is 6.08 Å². The van der Waals surface area contributed by atoms with E-state index < -0.39 is 4.92 Å². The third-order valence-electron chi connectivity index (χ3n) is 2.26. The molecule has 1 N–H and O–H groups in total. The zero-order chi connectivity index (χ0) is 13.8. The zero-order valence-electron chi connectivity index (χ0n) is 10.4. The molecule has 0 bridgehead atoms. The third kappa shape index (κ3) is 2.92. The number of aromatic amines is 1. The van der Waals surface area contributed by atoms with Gasteiger partial charge in [0, 0.05) is 25.9 Å². The summed E-state index contributed by atoms with van der Waals surface area (Å²) < 4.78 is 0. The zero-order valence-corrected chi connectivity index (χ0v) is 10.4. The lowest BCUT2D eigenvalue weighted by Crippen LogP contribution is -2.02. The first kappa shape index (κ1) is 12.7. The number of imidazole rings is 1. The predicted octanol–water partition coefficient (Wildman–Crippen LogP) is 2.30. The van der Waals surface area contributed by atoms with Crippen molar-refractivity contribution in [1.82, 2.24) is 14.9 Å². The van der Waals surface area contributed by atoms with Gasteiger partial charge in [-0.3, -0.25) is 0 Å². The van der Waals surface area contributed by atoms with E-state index in [1.807, 2.05) is 37.3 Å². The highest BCUT2D eigenvalue weighted by Crippen LogP contribution is 2.25. The van der Waals surface area contributed by atoms with Crippen LogP contribution in [0.25, 0.3) is 0 Å². The van der Waals surface area contributed by atoms with Crippen molar-refractivity contribution in [3.8, 4) is 0 Å². The molecule has 1 aromatic rings. The molecule has 19 heavy (non-hydrogen) atoms. The topological polar surface area (TPSA) is 99.8 Å². The van der Waals surface area contributed by atoms with Gasteiger partial charge in [0.05, 0.1) is 5.70 Å². The molecule has 98 valence electrons. The van der Waals surface area contributed by atoms with Crippen LogP contribution in [-0.4, -0.2) is 33.9 Å². The van der Waals surface area contributed by atoms with Gasteiger partial charge in [-0.25, -0.2) is 4.98 Å². The number of hydrogen-bond donors (Lipinski definition) is 1. The summed E-state index contributed by atoms with van der Waals surface area (Å²) >= 11 is 0. The van der Waals surface area contributed by atoms with Gasteiger partial charge in [0.25, 0.3) is 5.82 Å². The maximum absolute atomic E-state index is 10.7. The van der Waals surface area contributed by atoms with Crippen molar-refractivity contribution < 1.29 is 4.92 Å². The van der Waals surface area contributed by atoms with Gasteiger partial charge in [0.2, 0.25) is 0 Å². The summed E-state index contributed by atoms with van der Waals surface area (Å²) in [6, 6.07) is 0. The van der Waals surface area contributed by atoms with E-state index in [4.69, 9.17) is 0 Å². The Hall–Kier alpha value is -2.77. The first-order valence-corrected chi connectivity index (χ1v) is 5.44. The number of hydrogen-bond acceptors (Lipinski definition) is 6. The number of rotatable bonds is 4. The van der Waals surface area contributed by atoms with Crippen LogP contribution in [0.4, 0.5) is 11.6 Å². The van der Waals surface area contributed by atoms with E-state index >= 15 is 0 Å². The normalized spacial score (nSPS) is 16.3. The Kier molecular flexibility index (Phi) is 3.51. The van der Waals surface area contributed by atoms with Crippen LogP contribution in [0.5, 0.6) is 0 Å². The lowest BCUT2D eigenvalue weighted by atomic mass is 10.2. The van der Waals surface area contributed by atoms with Crippen LogP contribution in [-0.2, 0) is 0 Å². The fourth-order valence-corrected chi connectivity index (χ4v) is 1.49. The van der Waals surface area contributed by atoms with Crippen molar-refractivity contribution in [3.63, 3.8) is 0 Å². The molecule has 8 heteroatoms. The Morgan fingerprint density at radius 1 is 1.47 bits per heavy atom. The molecule has 1 aliphatic carbocycles. The Bertz CT molecular complexity index is 608. The quantitative estimate of drug-likeness (QED) is 0.510. The minimum Gasteiger partial charge on any atom is -0.383 e. The molecule has 0 saturated heterocycles. The summed E-state index contributed by atoms with van der Waals surface area (Å²) in [5.41, 5.74) is 1.51. The molecule has 0 aliphatic heterocycles. The van der Waals surface area contributed by atoms with Gasteiger partial charge in [0.15, 0.2) is 6.33 Å². The smallest absolute Gasteiger partial charge is 0.369 e. The van der Waals surface area contributed by atoms with Crippen LogP contribution in [0.15, 0.2) is 52.3 Å². The van der Waals surface area contributed by atoms with Crippen LogP contribution in [0.3, 0.4) is 0 Å². The maximum atomic E-state index is 10.7. The average molecular weight is 260 g/mol. The maximum Gasteiger partial charge on any atom is 0.369 e. The number of H-pyrrole nitrogens is 1. The van der Waals surface area contributed by atoms with Crippen molar-refractivity contribution >= 4 is 11.6 Å². The molecule has 0 aromatic carbocycles. The van der Waals surface area contributed by atoms with Gasteiger partial charge in [-0.15, -0.1) is 10.2 Å². The second-order valence-corrected chi connectivity index (χ2v) is 3.99. The van der Waals surface area contributed by atoms with E-state index in [0.29, 0.717) is 5.70 Å². The molecular formula is C11H12N6O2. The highest BCUT2D eigenvalue weighted by atomic mass is 16.6. The molecule has 1 heterocycles. The molecule has 1 aliphatic rings. The van der Waals surface area contributed by atoms with Crippen LogP contribution in [0, 0.1) is 10.1 Å². The standard InChI is InChI=1S/C11H12N6O2/c1-16(2)6-8-4-3-5-9(8)14-15-10-11(17(18)19)13-7-12-10/h3-7H,1-2H3,(H,12,13). The second-order valence-electron chi connectivity index (χ2n) is 3.99. The Labute approximate surface area is 109 Å². The third-order valence-corrected chi connectivity index (χ3v) is 2.26. The Morgan fingerprint density at radius 2 is 2.26 bits per heavy atom. The summed E-state index contributed by atoms with van der Waals surface area (Å²) in [5.74, 6) is -0.310. The molecule has 0 amide bonds. The van der Waals surface area contributed by atoms with Crippen molar-refractivity contribution in [2.45, 2.75) is 0 Å². The summed E-state index contributed by atoms with van der Waals surface area (Å²) in [5, 5.41) is 18.5. The predicted molar refractivity (Wildman–Crippen MR) is 68.8 cm³/mol. The lowest BCUT2D eigenvalue weighted by Gasteiger charge is -2.06. The Morgan fingerprint density at radius 3 is 2.95 bits per heavy atom. The van der Waals surface area contributed by atoms with E-state index in [0.717, 1.165) is 5.57 Å². The summed E-state index contributed by atoms with van der Waals surface area (Å²) in [7, 11) is 3.79. The number of nitro groups is 1. The molecule has 0 unspecified atom stereocenters. The fourth-order valence-electron chi connectivity index (χ4n) is 1.49. The van der Waals surface area contributed by atoms with E-state index in [2.05, 4.69) is 20.2 Å². The van der Waals surface area contributed by atoms with Crippen molar-refractivity contribution in [2.75, 3.05) is 14.1 Å². The number of nitrogens with one attached hydrogen (secondary N) is 1. The molecule has 0 spiro atoms. The minimum atomic E-state index is -0.584. The molecule has 0 fully saturated rings. The van der Waals surface area contributed by atoms with Gasteiger partial charge in [0.1, 0.15) is 0 Å². The Balaban J connectivity index is 2.20. The lowest BCUT2D eigenvalue weighted by molar-refractivity contribution is -0.388. The van der Waals surface area contributed by atoms with Gasteiger partial charge >= 0.3 is 5.82 Å². The van der Waals surface area contributed by atoms with Crippen LogP contribution >= 0.6 is 0 Å². The van der Waals surface area contributed by atoms with Crippen molar-refractivity contribution in [1.29, 1.82) is 0 Å². The van der Waals surface area contributed by atoms with Crippen LogP contribution in [0.2, 0.25) is 0 Å². The van der Waals surface area contributed by atoms with Gasteiger partial charge in [-0.2, -0.15) is 4.98 Å². The first-order valence-electron chi connectivity index (χ1n) is 5.44. The largest absolute Gasteiger partial charge is 0.383 e. The van der Waals surface area contributed by atoms with E-state index in [-0.39, 0.29) is 11.6 Å². The van der Waals surface area contributed by atoms with Crippen LogP contribution in [0.1, 0.15) is 0 Å². The highest BCUT2D eigenvalue weighted by molar-refractivity contribution is 5.48. The van der Waals surface area contributed by atoms with Gasteiger partial charge in [-0.1, -0.05) is 12.2 Å². The summed E-state index contributed by atoms with van der Waals surface area (Å²) in [6.07, 6.45) is 8.59. The SMILES string of the molecule is CN(C)C=C1C=CC=C1N=Nc1nc[nH]c1[N+](=O)[O-]. The first-order chi connectivity index (χ1) is 9.08. The monoisotopic (exact) mass is 260 g/mol. The van der Waals surface area contributed by atoms with Gasteiger partial charge < -0.3 is 15.0 Å². The van der Waals surface area contributed by atoms with E-state index in [9.17, 15) is 10.1 Å². The minimum absolute atomic E-state index is 0.0398. The summed E-state index contributed by atoms with van der Waals surface area (Å²) in [6.45, 7) is 0. The molecule has 0 radical (unpaired) electrons. The average Bonchev–Trinajstić information content (AvgIpc) is 2.94. The molecule has 1 aromatic heterocycles. The van der Waals surface area contributed by atoms with Crippen molar-refractivity contribution in [2.24, 2.45) is 10.2 Å². The summed E-state index contributed by atoms with van der Waals surface area (Å²) in [4.78, 5) is 18.1. The fraction of sp³-hybridized carbons (Fsp3) is 0.182. The van der Waals surface area contributed by atoms with E-state index in [1.165, 1.54) is 6.33 Å².